The zero-order chi connectivity index (χ0) is 32.7. The minimum atomic E-state index is -0.467. The molecular weight excluding hydrogens is 588 g/mol. The monoisotopic (exact) mass is 634 g/mol. The van der Waals surface area contributed by atoms with E-state index in [1.165, 1.54) is 5.56 Å². The average molecular weight is 635 g/mol. The maximum atomic E-state index is 13.3. The van der Waals surface area contributed by atoms with Crippen LogP contribution in [-0.2, 0) is 4.74 Å². The van der Waals surface area contributed by atoms with Crippen LogP contribution in [0.15, 0.2) is 42.5 Å². The lowest BCUT2D eigenvalue weighted by atomic mass is 9.49. The Bertz CT molecular complexity index is 1430. The van der Waals surface area contributed by atoms with Gasteiger partial charge in [0.15, 0.2) is 0 Å². The molecule has 0 unspecified atom stereocenters. The summed E-state index contributed by atoms with van der Waals surface area (Å²) in [5.74, 6) is 1.71. The van der Waals surface area contributed by atoms with Crippen molar-refractivity contribution in [2.24, 2.45) is 16.7 Å². The van der Waals surface area contributed by atoms with Crippen LogP contribution in [0.5, 0.6) is 5.75 Å². The summed E-state index contributed by atoms with van der Waals surface area (Å²) in [7, 11) is 0. The number of ether oxygens (including phenoxy) is 2. The lowest BCUT2D eigenvalue weighted by Crippen LogP contribution is -2.74. The molecule has 2 saturated carbocycles. The molecule has 1 N–H and O–H groups in total. The van der Waals surface area contributed by atoms with E-state index in [-0.39, 0.29) is 35.0 Å². The van der Waals surface area contributed by atoms with Gasteiger partial charge in [-0.15, -0.1) is 0 Å². The molecule has 1 heterocycles. The van der Waals surface area contributed by atoms with Crippen molar-refractivity contribution in [2.45, 2.75) is 85.0 Å². The van der Waals surface area contributed by atoms with Crippen molar-refractivity contribution in [3.05, 3.63) is 64.2 Å². The van der Waals surface area contributed by atoms with Crippen molar-refractivity contribution < 1.29 is 19.1 Å². The van der Waals surface area contributed by atoms with E-state index in [2.05, 4.69) is 56.1 Å². The molecule has 3 aliphatic rings. The lowest BCUT2D eigenvalue weighted by molar-refractivity contribution is -0.164. The predicted molar refractivity (Wildman–Crippen MR) is 176 cm³/mol. The maximum absolute atomic E-state index is 13.3. The minimum Gasteiger partial charge on any atom is -0.489 e. The Morgan fingerprint density at radius 3 is 2.18 bits per heavy atom. The summed E-state index contributed by atoms with van der Waals surface area (Å²) in [6, 6.07) is 15.2. The lowest BCUT2D eigenvalue weighted by Gasteiger charge is -2.63. The molecule has 2 aromatic rings. The van der Waals surface area contributed by atoms with Crippen LogP contribution in [0.4, 0.5) is 4.79 Å². The zero-order valence-electron chi connectivity index (χ0n) is 27.7. The first kappa shape index (κ1) is 33.1. The third kappa shape index (κ3) is 7.10. The van der Waals surface area contributed by atoms with E-state index in [1.54, 1.807) is 18.2 Å². The van der Waals surface area contributed by atoms with Crippen molar-refractivity contribution in [2.75, 3.05) is 32.7 Å². The number of amides is 2. The number of nitriles is 1. The Balaban J connectivity index is 1.08. The first-order valence-corrected chi connectivity index (χ1v) is 16.4. The van der Waals surface area contributed by atoms with Crippen LogP contribution in [0.3, 0.4) is 0 Å². The highest BCUT2D eigenvalue weighted by atomic mass is 35.5. The van der Waals surface area contributed by atoms with Crippen LogP contribution in [0.1, 0.15) is 88.7 Å². The number of benzene rings is 2. The van der Waals surface area contributed by atoms with E-state index in [9.17, 15) is 9.59 Å². The Morgan fingerprint density at radius 1 is 1.00 bits per heavy atom. The predicted octanol–water partition coefficient (Wildman–Crippen LogP) is 6.87. The summed E-state index contributed by atoms with van der Waals surface area (Å²) in [6.07, 6.45) is 1.93. The van der Waals surface area contributed by atoms with Gasteiger partial charge in [-0.05, 0) is 75.3 Å². The topological polar surface area (TPSA) is 94.9 Å². The number of carbonyl (C=O) groups is 2. The van der Waals surface area contributed by atoms with Gasteiger partial charge in [0, 0.05) is 61.2 Å². The number of hydrogen-bond donors (Lipinski definition) is 1. The highest BCUT2D eigenvalue weighted by Gasteiger charge is 2.64. The van der Waals surface area contributed by atoms with Gasteiger partial charge in [-0.25, -0.2) is 4.79 Å². The van der Waals surface area contributed by atoms with Crippen molar-refractivity contribution in [1.82, 2.24) is 15.1 Å². The van der Waals surface area contributed by atoms with E-state index in [1.807, 2.05) is 37.8 Å². The third-order valence-corrected chi connectivity index (χ3v) is 10.2. The van der Waals surface area contributed by atoms with Gasteiger partial charge in [-0.3, -0.25) is 9.69 Å². The summed E-state index contributed by atoms with van der Waals surface area (Å²) in [6.45, 7) is 18.4. The normalized spacial score (nSPS) is 25.7. The number of nitrogens with one attached hydrogen (secondary N) is 1. The molecule has 242 valence electrons. The van der Waals surface area contributed by atoms with E-state index < -0.39 is 5.60 Å². The molecule has 1 aliphatic heterocycles. The molecule has 2 amide bonds. The molecule has 3 fully saturated rings. The number of rotatable bonds is 7. The molecule has 45 heavy (non-hydrogen) atoms. The maximum Gasteiger partial charge on any atom is 0.410 e. The number of carbonyl (C=O) groups excluding carboxylic acids is 2. The van der Waals surface area contributed by atoms with Gasteiger partial charge in [0.1, 0.15) is 23.5 Å². The number of halogens is 1. The average Bonchev–Trinajstić information content (AvgIpc) is 2.95. The molecule has 2 aliphatic carbocycles. The van der Waals surface area contributed by atoms with Gasteiger partial charge in [0.2, 0.25) is 0 Å². The van der Waals surface area contributed by atoms with Gasteiger partial charge in [0.25, 0.3) is 5.91 Å². The molecule has 0 spiro atoms. The smallest absolute Gasteiger partial charge is 0.410 e. The summed E-state index contributed by atoms with van der Waals surface area (Å²) in [4.78, 5) is 30.0. The van der Waals surface area contributed by atoms with Gasteiger partial charge in [-0.2, -0.15) is 5.26 Å². The van der Waals surface area contributed by atoms with Crippen LogP contribution in [-0.4, -0.2) is 72.3 Å². The standard InChI is InChI=1S/C36H47ClN4O4/c1-34(2,3)45-33(43)41-16-14-40(15-17-41)22-23-18-27(19-23)24-8-10-25(11-9-24)30(42)39-31-35(4,5)32(36(31,6)7)44-28-13-12-26(21-38)29(37)20-28/h8-13,20,23,27,31-32H,14-19,22H2,1-7H3,(H,39,42)/t23?,27?,31-,32-. The quantitative estimate of drug-likeness (QED) is 0.357. The second-order valence-corrected chi connectivity index (χ2v) is 15.6. The highest BCUT2D eigenvalue weighted by molar-refractivity contribution is 6.31. The molecule has 0 aromatic heterocycles. The van der Waals surface area contributed by atoms with Crippen molar-refractivity contribution >= 4 is 23.6 Å². The Hall–Kier alpha value is -3.28. The largest absolute Gasteiger partial charge is 0.489 e. The van der Waals surface area contributed by atoms with Crippen LogP contribution >= 0.6 is 11.6 Å². The van der Waals surface area contributed by atoms with Crippen molar-refractivity contribution in [3.8, 4) is 11.8 Å². The molecule has 0 bridgehead atoms. The molecule has 2 aromatic carbocycles. The van der Waals surface area contributed by atoms with Crippen LogP contribution < -0.4 is 10.1 Å². The molecule has 9 heteroatoms. The number of hydrogen-bond acceptors (Lipinski definition) is 6. The van der Waals surface area contributed by atoms with E-state index in [0.717, 1.165) is 32.5 Å². The molecular formula is C36H47ClN4O4. The minimum absolute atomic E-state index is 0.0791. The van der Waals surface area contributed by atoms with Gasteiger partial charge < -0.3 is 19.7 Å². The Labute approximate surface area is 273 Å². The fourth-order valence-corrected chi connectivity index (χ4v) is 7.89. The Morgan fingerprint density at radius 2 is 1.62 bits per heavy atom. The SMILES string of the molecule is CC(C)(C)OC(=O)N1CCN(CC2CC(c3ccc(C(=O)N[C@H]4C(C)(C)[C@H](Oc5ccc(C#N)c(Cl)c5)C4(C)C)cc3)C2)CC1. The van der Waals surface area contributed by atoms with Gasteiger partial charge >= 0.3 is 6.09 Å². The number of piperazine rings is 1. The Kier molecular flexibility index (Phi) is 9.19. The molecule has 1 saturated heterocycles. The van der Waals surface area contributed by atoms with Crippen molar-refractivity contribution in [3.63, 3.8) is 0 Å². The van der Waals surface area contributed by atoms with Crippen LogP contribution in [0, 0.1) is 28.1 Å². The van der Waals surface area contributed by atoms with Crippen LogP contribution in [0.25, 0.3) is 0 Å². The highest BCUT2D eigenvalue weighted by Crippen LogP contribution is 2.55. The summed E-state index contributed by atoms with van der Waals surface area (Å²) >= 11 is 6.22. The van der Waals surface area contributed by atoms with E-state index in [0.29, 0.717) is 46.8 Å². The fraction of sp³-hybridized carbons (Fsp3) is 0.583. The summed E-state index contributed by atoms with van der Waals surface area (Å²) < 4.78 is 11.9. The third-order valence-electron chi connectivity index (χ3n) is 9.85. The van der Waals surface area contributed by atoms with Gasteiger partial charge in [0.05, 0.1) is 10.6 Å². The number of nitrogens with zero attached hydrogens (tertiary/aromatic N) is 3. The first-order chi connectivity index (χ1) is 21.1. The second kappa shape index (κ2) is 12.5. The summed E-state index contributed by atoms with van der Waals surface area (Å²) in [5.41, 5.74) is 1.26. The first-order valence-electron chi connectivity index (χ1n) is 16.1. The molecule has 5 rings (SSSR count). The van der Waals surface area contributed by atoms with Crippen LogP contribution in [0.2, 0.25) is 5.02 Å². The summed E-state index contributed by atoms with van der Waals surface area (Å²) in [5, 5.41) is 12.8. The molecule has 0 atom stereocenters. The fourth-order valence-electron chi connectivity index (χ4n) is 7.68. The van der Waals surface area contributed by atoms with E-state index in [4.69, 9.17) is 26.3 Å². The second-order valence-electron chi connectivity index (χ2n) is 15.2. The molecule has 8 nitrogen and oxygen atoms in total. The van der Waals surface area contributed by atoms with Gasteiger partial charge in [-0.1, -0.05) is 51.4 Å². The molecule has 0 radical (unpaired) electrons. The van der Waals surface area contributed by atoms with Crippen molar-refractivity contribution in [1.29, 1.82) is 5.26 Å². The zero-order valence-corrected chi connectivity index (χ0v) is 28.4. The van der Waals surface area contributed by atoms with E-state index >= 15 is 0 Å².